The summed E-state index contributed by atoms with van der Waals surface area (Å²) in [6, 6.07) is 14.9. The lowest BCUT2D eigenvalue weighted by atomic mass is 10.2. The lowest BCUT2D eigenvalue weighted by Crippen LogP contribution is -2.14. The molecule has 0 bridgehead atoms. The first kappa shape index (κ1) is 19.0. The number of para-hydroxylation sites is 2. The summed E-state index contributed by atoms with van der Waals surface area (Å²) in [5.41, 5.74) is 2.98. The van der Waals surface area contributed by atoms with Gasteiger partial charge < -0.3 is 9.73 Å². The maximum atomic E-state index is 12.0. The molecular weight excluding hydrogens is 390 g/mol. The zero-order valence-corrected chi connectivity index (χ0v) is 16.6. The van der Waals surface area contributed by atoms with E-state index in [0.29, 0.717) is 17.8 Å². The molecule has 0 spiro atoms. The van der Waals surface area contributed by atoms with Crippen molar-refractivity contribution in [2.75, 3.05) is 11.1 Å². The maximum absolute atomic E-state index is 12.0. The summed E-state index contributed by atoms with van der Waals surface area (Å²) in [6.07, 6.45) is 2.41. The topological polar surface area (TPSA) is 95.0 Å². The normalized spacial score (nSPS) is 11.1. The number of carbonyl (C=O) groups excluding carboxylic acids is 1. The van der Waals surface area contributed by atoms with E-state index in [-0.39, 0.29) is 11.7 Å². The third-order valence-electron chi connectivity index (χ3n) is 4.29. The van der Waals surface area contributed by atoms with Crippen LogP contribution in [0.3, 0.4) is 0 Å². The molecule has 4 aromatic rings. The number of oxazole rings is 1. The Balaban J connectivity index is 1.42. The van der Waals surface area contributed by atoms with E-state index in [1.165, 1.54) is 6.92 Å². The fourth-order valence-electron chi connectivity index (χ4n) is 3.05. The summed E-state index contributed by atoms with van der Waals surface area (Å²) >= 11 is 1.56. The Morgan fingerprint density at radius 2 is 2.07 bits per heavy atom. The second kappa shape index (κ2) is 8.36. The number of thioether (sulfide) groups is 1. The molecule has 1 N–H and O–H groups in total. The molecular formula is C20H19N5O3S. The molecule has 0 unspecified atom stereocenters. The van der Waals surface area contributed by atoms with Gasteiger partial charge in [-0.25, -0.2) is 4.79 Å². The Bertz CT molecular complexity index is 1210. The lowest BCUT2D eigenvalue weighted by Gasteiger charge is -2.09. The summed E-state index contributed by atoms with van der Waals surface area (Å²) in [5, 5.41) is 11.7. The van der Waals surface area contributed by atoms with Crippen molar-refractivity contribution < 1.29 is 9.21 Å². The smallest absolute Gasteiger partial charge is 0.408 e. The molecule has 0 aliphatic carbocycles. The van der Waals surface area contributed by atoms with Crippen molar-refractivity contribution in [3.63, 3.8) is 0 Å². The van der Waals surface area contributed by atoms with E-state index in [4.69, 9.17) is 4.42 Å². The fourth-order valence-corrected chi connectivity index (χ4v) is 3.90. The molecule has 0 aliphatic rings. The molecule has 0 saturated heterocycles. The third kappa shape index (κ3) is 4.24. The molecule has 2 heterocycles. The number of anilines is 1. The number of rotatable bonds is 7. The summed E-state index contributed by atoms with van der Waals surface area (Å²) in [4.78, 5) is 23.3. The minimum atomic E-state index is -0.339. The number of aromatic nitrogens is 4. The van der Waals surface area contributed by atoms with Gasteiger partial charge in [-0.05, 0) is 36.8 Å². The highest BCUT2D eigenvalue weighted by atomic mass is 32.2. The number of amides is 1. The van der Waals surface area contributed by atoms with Crippen LogP contribution in [0.2, 0.25) is 0 Å². The Labute approximate surface area is 170 Å². The van der Waals surface area contributed by atoms with E-state index in [0.717, 1.165) is 28.5 Å². The van der Waals surface area contributed by atoms with Gasteiger partial charge in [-0.15, -0.1) is 10.2 Å². The summed E-state index contributed by atoms with van der Waals surface area (Å²) < 4.78 is 8.78. The number of nitrogens with zero attached hydrogens (tertiary/aromatic N) is 4. The van der Waals surface area contributed by atoms with Crippen LogP contribution in [0.25, 0.3) is 16.8 Å². The predicted molar refractivity (Wildman–Crippen MR) is 111 cm³/mol. The highest BCUT2D eigenvalue weighted by Gasteiger charge is 2.10. The van der Waals surface area contributed by atoms with Crippen LogP contribution in [0.4, 0.5) is 5.69 Å². The first-order valence-corrected chi connectivity index (χ1v) is 10.1. The molecule has 0 radical (unpaired) electrons. The summed E-state index contributed by atoms with van der Waals surface area (Å²) in [6.45, 7) is 2.04. The second-order valence-corrected chi connectivity index (χ2v) is 7.47. The fraction of sp³-hybridized carbons (Fsp3) is 0.200. The van der Waals surface area contributed by atoms with Crippen molar-refractivity contribution in [3.8, 4) is 5.69 Å². The van der Waals surface area contributed by atoms with Crippen LogP contribution in [-0.4, -0.2) is 31.0 Å². The van der Waals surface area contributed by atoms with Crippen molar-refractivity contribution in [1.82, 2.24) is 19.3 Å². The van der Waals surface area contributed by atoms with Crippen LogP contribution in [0.5, 0.6) is 0 Å². The van der Waals surface area contributed by atoms with Gasteiger partial charge in [0.25, 0.3) is 0 Å². The molecule has 9 heteroatoms. The SMILES string of the molecule is CC(=O)Nc1cccc(-n2cnnc2SCCCn2c(=O)oc3ccccc32)c1. The van der Waals surface area contributed by atoms with Crippen LogP contribution in [0.15, 0.2) is 69.2 Å². The van der Waals surface area contributed by atoms with Crippen molar-refractivity contribution in [3.05, 3.63) is 65.4 Å². The number of fused-ring (bicyclic) bond motifs is 1. The zero-order chi connectivity index (χ0) is 20.2. The molecule has 148 valence electrons. The molecule has 0 atom stereocenters. The number of hydrogen-bond acceptors (Lipinski definition) is 6. The Hall–Kier alpha value is -3.33. The lowest BCUT2D eigenvalue weighted by molar-refractivity contribution is -0.114. The predicted octanol–water partition coefficient (Wildman–Crippen LogP) is 3.32. The van der Waals surface area contributed by atoms with E-state index in [2.05, 4.69) is 15.5 Å². The number of carbonyl (C=O) groups is 1. The van der Waals surface area contributed by atoms with Crippen LogP contribution < -0.4 is 11.1 Å². The zero-order valence-electron chi connectivity index (χ0n) is 15.7. The Kier molecular flexibility index (Phi) is 5.48. The van der Waals surface area contributed by atoms with Crippen molar-refractivity contribution in [2.24, 2.45) is 0 Å². The van der Waals surface area contributed by atoms with Crippen LogP contribution in [0.1, 0.15) is 13.3 Å². The van der Waals surface area contributed by atoms with Gasteiger partial charge in [0.05, 0.1) is 11.2 Å². The molecule has 8 nitrogen and oxygen atoms in total. The first-order valence-electron chi connectivity index (χ1n) is 9.11. The Morgan fingerprint density at radius 1 is 1.21 bits per heavy atom. The van der Waals surface area contributed by atoms with E-state index in [1.807, 2.05) is 47.0 Å². The van der Waals surface area contributed by atoms with Gasteiger partial charge in [-0.3, -0.25) is 13.9 Å². The van der Waals surface area contributed by atoms with Crippen molar-refractivity contribution >= 4 is 34.5 Å². The molecule has 0 saturated carbocycles. The van der Waals surface area contributed by atoms with E-state index >= 15 is 0 Å². The molecule has 4 rings (SSSR count). The van der Waals surface area contributed by atoms with Gasteiger partial charge in [-0.2, -0.15) is 0 Å². The second-order valence-electron chi connectivity index (χ2n) is 6.40. The molecule has 0 fully saturated rings. The summed E-state index contributed by atoms with van der Waals surface area (Å²) in [7, 11) is 0. The molecule has 2 aromatic carbocycles. The minimum Gasteiger partial charge on any atom is -0.408 e. The van der Waals surface area contributed by atoms with E-state index in [9.17, 15) is 9.59 Å². The van der Waals surface area contributed by atoms with Crippen LogP contribution in [-0.2, 0) is 11.3 Å². The van der Waals surface area contributed by atoms with Gasteiger partial charge in [0.15, 0.2) is 10.7 Å². The standard InChI is InChI=1S/C20H19N5O3S/c1-14(26)22-15-6-4-7-16(12-15)25-13-21-23-19(25)29-11-5-10-24-17-8-2-3-9-18(17)28-20(24)27/h2-4,6-9,12-13H,5,10-11H2,1H3,(H,22,26). The number of hydrogen-bond donors (Lipinski definition) is 1. The monoisotopic (exact) mass is 409 g/mol. The van der Waals surface area contributed by atoms with Gasteiger partial charge in [0, 0.05) is 24.9 Å². The molecule has 0 aliphatic heterocycles. The van der Waals surface area contributed by atoms with Crippen LogP contribution in [0, 0.1) is 0 Å². The van der Waals surface area contributed by atoms with Crippen molar-refractivity contribution in [1.29, 1.82) is 0 Å². The highest BCUT2D eigenvalue weighted by Crippen LogP contribution is 2.22. The quantitative estimate of drug-likeness (QED) is 0.372. The van der Waals surface area contributed by atoms with E-state index in [1.54, 1.807) is 28.7 Å². The molecule has 1 amide bonds. The summed E-state index contributed by atoms with van der Waals surface area (Å²) in [5.74, 6) is 0.299. The maximum Gasteiger partial charge on any atom is 0.419 e. The minimum absolute atomic E-state index is 0.123. The average Bonchev–Trinajstić information content (AvgIpc) is 3.29. The van der Waals surface area contributed by atoms with Crippen molar-refractivity contribution in [2.45, 2.75) is 25.0 Å². The number of nitrogens with one attached hydrogen (secondary N) is 1. The van der Waals surface area contributed by atoms with Gasteiger partial charge >= 0.3 is 5.76 Å². The first-order chi connectivity index (χ1) is 14.1. The highest BCUT2D eigenvalue weighted by molar-refractivity contribution is 7.99. The average molecular weight is 409 g/mol. The van der Waals surface area contributed by atoms with Crippen LogP contribution >= 0.6 is 11.8 Å². The Morgan fingerprint density at radius 3 is 2.93 bits per heavy atom. The van der Waals surface area contributed by atoms with E-state index < -0.39 is 0 Å². The van der Waals surface area contributed by atoms with Gasteiger partial charge in [-0.1, -0.05) is 30.0 Å². The molecule has 29 heavy (non-hydrogen) atoms. The number of aryl methyl sites for hydroxylation is 1. The van der Waals surface area contributed by atoms with Gasteiger partial charge in [0.1, 0.15) is 6.33 Å². The van der Waals surface area contributed by atoms with Gasteiger partial charge in [0.2, 0.25) is 5.91 Å². The largest absolute Gasteiger partial charge is 0.419 e. The third-order valence-corrected chi connectivity index (χ3v) is 5.32. The number of benzene rings is 2. The molecule has 2 aromatic heterocycles.